The van der Waals surface area contributed by atoms with Gasteiger partial charge < -0.3 is 14.4 Å². The zero-order chi connectivity index (χ0) is 14.0. The number of carboxylic acid groups (broad SMARTS) is 1. The van der Waals surface area contributed by atoms with Gasteiger partial charge in [0.15, 0.2) is 0 Å². The van der Waals surface area contributed by atoms with Gasteiger partial charge in [-0.3, -0.25) is 4.79 Å². The second-order valence-corrected chi connectivity index (χ2v) is 5.16. The summed E-state index contributed by atoms with van der Waals surface area (Å²) in [4.78, 5) is 15.6. The average Bonchev–Trinajstić information content (AvgIpc) is 2.89. The average molecular weight is 266 g/mol. The maximum atomic E-state index is 11.2. The van der Waals surface area contributed by atoms with Crippen LogP contribution in [0.2, 0.25) is 0 Å². The molecule has 6 nitrogen and oxygen atoms in total. The Morgan fingerprint density at radius 3 is 2.79 bits per heavy atom. The van der Waals surface area contributed by atoms with Crippen LogP contribution in [0.3, 0.4) is 0 Å². The number of hydrogen-bond donors (Lipinski definition) is 1. The minimum absolute atomic E-state index is 0.267. The van der Waals surface area contributed by atoms with Gasteiger partial charge in [-0.05, 0) is 26.7 Å². The molecule has 0 saturated heterocycles. The third-order valence-corrected chi connectivity index (χ3v) is 3.56. The highest BCUT2D eigenvalue weighted by Crippen LogP contribution is 2.34. The van der Waals surface area contributed by atoms with E-state index in [0.717, 1.165) is 0 Å². The van der Waals surface area contributed by atoms with Crippen LogP contribution in [-0.4, -0.2) is 28.3 Å². The molecule has 0 saturated carbocycles. The van der Waals surface area contributed by atoms with Gasteiger partial charge in [-0.25, -0.2) is 0 Å². The lowest BCUT2D eigenvalue weighted by Gasteiger charge is -2.21. The summed E-state index contributed by atoms with van der Waals surface area (Å²) in [6.07, 6.45) is 4.93. The van der Waals surface area contributed by atoms with E-state index in [0.29, 0.717) is 24.6 Å². The molecule has 1 aromatic heterocycles. The molecule has 6 heteroatoms. The van der Waals surface area contributed by atoms with E-state index in [-0.39, 0.29) is 5.92 Å². The molecule has 0 radical (unpaired) electrons. The molecule has 0 aliphatic heterocycles. The van der Waals surface area contributed by atoms with Gasteiger partial charge in [-0.1, -0.05) is 17.3 Å². The van der Waals surface area contributed by atoms with Gasteiger partial charge in [-0.15, -0.1) is 0 Å². The van der Waals surface area contributed by atoms with E-state index in [2.05, 4.69) is 10.1 Å². The van der Waals surface area contributed by atoms with Gasteiger partial charge in [0.05, 0.1) is 11.8 Å². The molecule has 0 unspecified atom stereocenters. The van der Waals surface area contributed by atoms with Crippen molar-refractivity contribution in [3.05, 3.63) is 23.9 Å². The molecule has 1 aliphatic carbocycles. The lowest BCUT2D eigenvalue weighted by Crippen LogP contribution is -2.24. The number of aromatic nitrogens is 2. The van der Waals surface area contributed by atoms with Crippen LogP contribution in [0.1, 0.15) is 44.3 Å². The monoisotopic (exact) mass is 266 g/mol. The minimum atomic E-state index is -0.833. The first-order valence-corrected chi connectivity index (χ1v) is 6.22. The standard InChI is InChI=1S/C13H18N2O4/c1-13(2,18-3)12-14-10(19-15-12)8-6-4-5-7-9(8)11(16)17/h4-5,8-9H,6-7H2,1-3H3,(H,16,17)/t8-,9+/m1/s1. The lowest BCUT2D eigenvalue weighted by atomic mass is 9.83. The Kier molecular flexibility index (Phi) is 3.71. The quantitative estimate of drug-likeness (QED) is 0.840. The van der Waals surface area contributed by atoms with Gasteiger partial charge in [0.1, 0.15) is 5.60 Å². The largest absolute Gasteiger partial charge is 0.481 e. The molecule has 0 bridgehead atoms. The number of ether oxygens (including phenoxy) is 1. The molecule has 1 N–H and O–H groups in total. The summed E-state index contributed by atoms with van der Waals surface area (Å²) in [5, 5.41) is 13.1. The van der Waals surface area contributed by atoms with Crippen molar-refractivity contribution in [1.82, 2.24) is 10.1 Å². The molecule has 2 rings (SSSR count). The fourth-order valence-electron chi connectivity index (χ4n) is 2.08. The van der Waals surface area contributed by atoms with E-state index in [9.17, 15) is 9.90 Å². The predicted octanol–water partition coefficient (Wildman–Crippen LogP) is 2.09. The second kappa shape index (κ2) is 5.13. The number of allylic oxidation sites excluding steroid dienone is 2. The Morgan fingerprint density at radius 2 is 2.16 bits per heavy atom. The number of nitrogens with zero attached hydrogens (tertiary/aromatic N) is 2. The Morgan fingerprint density at radius 1 is 1.47 bits per heavy atom. The van der Waals surface area contributed by atoms with E-state index in [1.807, 2.05) is 26.0 Å². The van der Waals surface area contributed by atoms with Crippen molar-refractivity contribution in [2.75, 3.05) is 7.11 Å². The number of carboxylic acids is 1. The summed E-state index contributed by atoms with van der Waals surface area (Å²) in [7, 11) is 1.57. The van der Waals surface area contributed by atoms with E-state index < -0.39 is 17.5 Å². The summed E-state index contributed by atoms with van der Waals surface area (Å²) in [5.74, 6) is -0.805. The van der Waals surface area contributed by atoms with Gasteiger partial charge in [0.25, 0.3) is 0 Å². The molecule has 0 aromatic carbocycles. The van der Waals surface area contributed by atoms with E-state index >= 15 is 0 Å². The van der Waals surface area contributed by atoms with Crippen molar-refractivity contribution in [3.63, 3.8) is 0 Å². The summed E-state index contributed by atoms with van der Waals surface area (Å²) < 4.78 is 10.5. The van der Waals surface area contributed by atoms with Crippen LogP contribution in [0.5, 0.6) is 0 Å². The lowest BCUT2D eigenvalue weighted by molar-refractivity contribution is -0.142. The van der Waals surface area contributed by atoms with Crippen LogP contribution in [0, 0.1) is 5.92 Å². The van der Waals surface area contributed by atoms with Crippen molar-refractivity contribution < 1.29 is 19.2 Å². The highest BCUT2D eigenvalue weighted by Gasteiger charge is 2.35. The first kappa shape index (κ1) is 13.7. The highest BCUT2D eigenvalue weighted by molar-refractivity contribution is 5.71. The molecule has 2 atom stereocenters. The predicted molar refractivity (Wildman–Crippen MR) is 66.6 cm³/mol. The van der Waals surface area contributed by atoms with Crippen LogP contribution in [0.15, 0.2) is 16.7 Å². The highest BCUT2D eigenvalue weighted by atomic mass is 16.5. The number of rotatable bonds is 4. The Balaban J connectivity index is 2.27. The van der Waals surface area contributed by atoms with Crippen molar-refractivity contribution in [2.45, 2.75) is 38.2 Å². The molecule has 104 valence electrons. The maximum absolute atomic E-state index is 11.2. The maximum Gasteiger partial charge on any atom is 0.307 e. The fraction of sp³-hybridized carbons (Fsp3) is 0.615. The normalized spacial score (nSPS) is 23.5. The van der Waals surface area contributed by atoms with Gasteiger partial charge >= 0.3 is 5.97 Å². The van der Waals surface area contributed by atoms with Gasteiger partial charge in [-0.2, -0.15) is 4.98 Å². The van der Waals surface area contributed by atoms with Gasteiger partial charge in [0, 0.05) is 7.11 Å². The van der Waals surface area contributed by atoms with Crippen molar-refractivity contribution in [1.29, 1.82) is 0 Å². The van der Waals surface area contributed by atoms with Crippen molar-refractivity contribution in [3.8, 4) is 0 Å². The number of methoxy groups -OCH3 is 1. The Labute approximate surface area is 111 Å². The van der Waals surface area contributed by atoms with Crippen molar-refractivity contribution >= 4 is 5.97 Å². The Bertz CT molecular complexity index is 493. The molecule has 19 heavy (non-hydrogen) atoms. The summed E-state index contributed by atoms with van der Waals surface area (Å²) >= 11 is 0. The zero-order valence-corrected chi connectivity index (χ0v) is 11.3. The number of hydrogen-bond acceptors (Lipinski definition) is 5. The summed E-state index contributed by atoms with van der Waals surface area (Å²) in [6.45, 7) is 3.66. The zero-order valence-electron chi connectivity index (χ0n) is 11.3. The van der Waals surface area contributed by atoms with Gasteiger partial charge in [0.2, 0.25) is 11.7 Å². The van der Waals surface area contributed by atoms with Crippen LogP contribution in [-0.2, 0) is 15.1 Å². The third-order valence-electron chi connectivity index (χ3n) is 3.56. The molecule has 1 aliphatic rings. The smallest absolute Gasteiger partial charge is 0.307 e. The van der Waals surface area contributed by atoms with Crippen LogP contribution in [0.25, 0.3) is 0 Å². The molecular formula is C13H18N2O4. The SMILES string of the molecule is COC(C)(C)c1noc([C@@H]2CC=CC[C@@H]2C(=O)O)n1. The third kappa shape index (κ3) is 2.68. The summed E-state index contributed by atoms with van der Waals surface area (Å²) in [6, 6.07) is 0. The molecule has 1 aromatic rings. The second-order valence-electron chi connectivity index (χ2n) is 5.16. The van der Waals surface area contributed by atoms with Crippen LogP contribution >= 0.6 is 0 Å². The van der Waals surface area contributed by atoms with E-state index in [1.165, 1.54) is 0 Å². The molecule has 1 heterocycles. The molecule has 0 fully saturated rings. The summed E-state index contributed by atoms with van der Waals surface area (Å²) in [5.41, 5.74) is -0.648. The first-order valence-electron chi connectivity index (χ1n) is 6.22. The molecule has 0 amide bonds. The minimum Gasteiger partial charge on any atom is -0.481 e. The first-order chi connectivity index (χ1) is 8.95. The number of carbonyl (C=O) groups is 1. The van der Waals surface area contributed by atoms with Crippen LogP contribution in [0.4, 0.5) is 0 Å². The molecular weight excluding hydrogens is 248 g/mol. The van der Waals surface area contributed by atoms with Crippen LogP contribution < -0.4 is 0 Å². The molecule has 0 spiro atoms. The van der Waals surface area contributed by atoms with E-state index in [4.69, 9.17) is 9.26 Å². The van der Waals surface area contributed by atoms with E-state index in [1.54, 1.807) is 7.11 Å². The van der Waals surface area contributed by atoms with Crippen molar-refractivity contribution in [2.24, 2.45) is 5.92 Å². The number of aliphatic carboxylic acids is 1. The Hall–Kier alpha value is -1.69. The fourth-order valence-corrected chi connectivity index (χ4v) is 2.08. The topological polar surface area (TPSA) is 85.5 Å².